The van der Waals surface area contributed by atoms with E-state index in [-0.39, 0.29) is 24.1 Å². The van der Waals surface area contributed by atoms with Gasteiger partial charge in [-0.05, 0) is 58.7 Å². The van der Waals surface area contributed by atoms with Gasteiger partial charge >= 0.3 is 11.9 Å². The Balaban J connectivity index is 1.75. The lowest BCUT2D eigenvalue weighted by atomic mass is 10.1. The summed E-state index contributed by atoms with van der Waals surface area (Å²) in [4.78, 5) is 40.6. The maximum atomic E-state index is 12.9. The molecule has 0 spiro atoms. The second-order valence-corrected chi connectivity index (χ2v) is 8.09. The average molecular weight is 451 g/mol. The lowest BCUT2D eigenvalue weighted by Crippen LogP contribution is -2.17. The number of aromatic nitrogens is 2. The molecule has 1 aromatic carbocycles. The highest BCUT2D eigenvalue weighted by molar-refractivity contribution is 6.02. The summed E-state index contributed by atoms with van der Waals surface area (Å²) in [5.74, 6) is -1.47. The van der Waals surface area contributed by atoms with Gasteiger partial charge in [-0.2, -0.15) is 0 Å². The van der Waals surface area contributed by atoms with Gasteiger partial charge in [0.25, 0.3) is 0 Å². The lowest BCUT2D eigenvalue weighted by molar-refractivity contribution is 0.0468. The van der Waals surface area contributed by atoms with Crippen molar-refractivity contribution < 1.29 is 23.9 Å². The number of carbonyl (C=O) groups is 3. The molecular formula is C26H30N2O5. The van der Waals surface area contributed by atoms with Crippen LogP contribution in [0.5, 0.6) is 0 Å². The van der Waals surface area contributed by atoms with Crippen molar-refractivity contribution in [2.24, 2.45) is 0 Å². The van der Waals surface area contributed by atoms with Gasteiger partial charge in [0.2, 0.25) is 5.78 Å². The molecule has 1 atom stereocenters. The lowest BCUT2D eigenvalue weighted by Gasteiger charge is -2.19. The number of nitrogens with zero attached hydrogens (tertiary/aromatic N) is 1. The quantitative estimate of drug-likeness (QED) is 0.390. The number of hydrogen-bond acceptors (Lipinski definition) is 5. The predicted octanol–water partition coefficient (Wildman–Crippen LogP) is 4.88. The van der Waals surface area contributed by atoms with Crippen LogP contribution in [0.4, 0.5) is 0 Å². The number of esters is 2. The summed E-state index contributed by atoms with van der Waals surface area (Å²) in [6.45, 7) is 10.8. The summed E-state index contributed by atoms with van der Waals surface area (Å²) < 4.78 is 12.5. The van der Waals surface area contributed by atoms with Crippen LogP contribution in [0.3, 0.4) is 0 Å². The Bertz CT molecular complexity index is 1190. The van der Waals surface area contributed by atoms with Gasteiger partial charge in [-0.1, -0.05) is 30.3 Å². The molecule has 2 aromatic heterocycles. The van der Waals surface area contributed by atoms with Crippen molar-refractivity contribution in [2.75, 3.05) is 13.2 Å². The molecule has 0 aliphatic rings. The van der Waals surface area contributed by atoms with Crippen LogP contribution in [0.25, 0.3) is 0 Å². The normalized spacial score (nSPS) is 11.8. The number of H-pyrrole nitrogens is 1. The molecule has 7 heteroatoms. The predicted molar refractivity (Wildman–Crippen MR) is 125 cm³/mol. The Hall–Kier alpha value is -3.61. The third-order valence-corrected chi connectivity index (χ3v) is 5.91. The summed E-state index contributed by atoms with van der Waals surface area (Å²) in [6, 6.07) is 11.9. The Kier molecular flexibility index (Phi) is 7.21. The van der Waals surface area contributed by atoms with Crippen LogP contribution in [-0.2, 0) is 9.47 Å². The van der Waals surface area contributed by atoms with E-state index >= 15 is 0 Å². The molecule has 0 amide bonds. The fourth-order valence-electron chi connectivity index (χ4n) is 4.28. The van der Waals surface area contributed by atoms with Gasteiger partial charge in [0.05, 0.1) is 18.2 Å². The fourth-order valence-corrected chi connectivity index (χ4v) is 4.28. The van der Waals surface area contributed by atoms with E-state index in [1.54, 1.807) is 20.8 Å². The standard InChI is InChI=1S/C26H30N2O5/c1-7-32-25(30)23-16(3)24(27-17(23)4)26(31)33-14-22(29)21-13-15(2)28(19(21)6)18(5)20-11-9-8-10-12-20/h8-13,18,27H,7,14H2,1-6H3. The van der Waals surface area contributed by atoms with Gasteiger partial charge in [-0.3, -0.25) is 4.79 Å². The van der Waals surface area contributed by atoms with Crippen molar-refractivity contribution in [3.63, 3.8) is 0 Å². The van der Waals surface area contributed by atoms with Crippen molar-refractivity contribution >= 4 is 17.7 Å². The Morgan fingerprint density at radius 2 is 1.67 bits per heavy atom. The number of nitrogens with one attached hydrogen (secondary N) is 1. The third-order valence-electron chi connectivity index (χ3n) is 5.91. The maximum Gasteiger partial charge on any atom is 0.355 e. The number of rotatable bonds is 8. The maximum absolute atomic E-state index is 12.9. The Labute approximate surface area is 193 Å². The van der Waals surface area contributed by atoms with Crippen molar-refractivity contribution in [1.82, 2.24) is 9.55 Å². The Morgan fingerprint density at radius 1 is 1.00 bits per heavy atom. The van der Waals surface area contributed by atoms with E-state index in [9.17, 15) is 14.4 Å². The zero-order valence-electron chi connectivity index (χ0n) is 19.9. The number of ether oxygens (including phenoxy) is 2. The van der Waals surface area contributed by atoms with Crippen molar-refractivity contribution in [3.05, 3.63) is 81.4 Å². The number of aryl methyl sites for hydroxylation is 2. The molecule has 0 radical (unpaired) electrons. The molecule has 174 valence electrons. The third kappa shape index (κ3) is 4.77. The van der Waals surface area contributed by atoms with Crippen LogP contribution >= 0.6 is 0 Å². The minimum atomic E-state index is -0.689. The van der Waals surface area contributed by atoms with Gasteiger partial charge in [-0.15, -0.1) is 0 Å². The molecule has 0 saturated carbocycles. The highest BCUT2D eigenvalue weighted by Gasteiger charge is 2.25. The van der Waals surface area contributed by atoms with Crippen LogP contribution in [0.15, 0.2) is 36.4 Å². The summed E-state index contributed by atoms with van der Waals surface area (Å²) in [6.07, 6.45) is 0. The van der Waals surface area contributed by atoms with Gasteiger partial charge in [0.1, 0.15) is 5.69 Å². The molecule has 3 aromatic rings. The van der Waals surface area contributed by atoms with Crippen LogP contribution in [0.1, 0.15) is 79.3 Å². The summed E-state index contributed by atoms with van der Waals surface area (Å²) in [5, 5.41) is 0. The van der Waals surface area contributed by atoms with E-state index in [1.807, 2.05) is 38.1 Å². The van der Waals surface area contributed by atoms with E-state index in [2.05, 4.69) is 28.6 Å². The number of carbonyl (C=O) groups excluding carboxylic acids is 3. The first-order valence-corrected chi connectivity index (χ1v) is 11.0. The number of ketones is 1. The molecule has 2 heterocycles. The molecular weight excluding hydrogens is 420 g/mol. The topological polar surface area (TPSA) is 90.4 Å². The summed E-state index contributed by atoms with van der Waals surface area (Å²) >= 11 is 0. The van der Waals surface area contributed by atoms with Crippen molar-refractivity contribution in [2.45, 2.75) is 47.6 Å². The summed E-state index contributed by atoms with van der Waals surface area (Å²) in [7, 11) is 0. The minimum absolute atomic E-state index is 0.0566. The second-order valence-electron chi connectivity index (χ2n) is 8.09. The fraction of sp³-hybridized carbons (Fsp3) is 0.346. The van der Waals surface area contributed by atoms with Crippen LogP contribution in [-0.4, -0.2) is 40.5 Å². The van der Waals surface area contributed by atoms with E-state index in [4.69, 9.17) is 9.47 Å². The van der Waals surface area contributed by atoms with E-state index < -0.39 is 18.5 Å². The number of hydrogen-bond donors (Lipinski definition) is 1. The van der Waals surface area contributed by atoms with E-state index in [0.29, 0.717) is 22.4 Å². The molecule has 0 aliphatic heterocycles. The number of benzene rings is 1. The highest BCUT2D eigenvalue weighted by Crippen LogP contribution is 2.26. The van der Waals surface area contributed by atoms with E-state index in [1.165, 1.54) is 0 Å². The van der Waals surface area contributed by atoms with Crippen LogP contribution in [0.2, 0.25) is 0 Å². The molecule has 0 aliphatic carbocycles. The minimum Gasteiger partial charge on any atom is -0.462 e. The molecule has 3 rings (SSSR count). The monoisotopic (exact) mass is 450 g/mol. The molecule has 0 saturated heterocycles. The number of aromatic amines is 1. The second kappa shape index (κ2) is 9.90. The van der Waals surface area contributed by atoms with E-state index in [0.717, 1.165) is 17.0 Å². The molecule has 0 bridgehead atoms. The van der Waals surface area contributed by atoms with Crippen molar-refractivity contribution in [1.29, 1.82) is 0 Å². The first-order chi connectivity index (χ1) is 15.7. The molecule has 7 nitrogen and oxygen atoms in total. The first kappa shape index (κ1) is 24.0. The molecule has 0 fully saturated rings. The summed E-state index contributed by atoms with van der Waals surface area (Å²) in [5.41, 5.74) is 4.85. The zero-order valence-corrected chi connectivity index (χ0v) is 19.9. The van der Waals surface area contributed by atoms with Gasteiger partial charge < -0.3 is 19.0 Å². The van der Waals surface area contributed by atoms with Gasteiger partial charge in [0.15, 0.2) is 6.61 Å². The zero-order chi connectivity index (χ0) is 24.3. The highest BCUT2D eigenvalue weighted by atomic mass is 16.5. The molecule has 1 N–H and O–H groups in total. The van der Waals surface area contributed by atoms with Gasteiger partial charge in [0, 0.05) is 22.6 Å². The molecule has 33 heavy (non-hydrogen) atoms. The van der Waals surface area contributed by atoms with Crippen LogP contribution < -0.4 is 0 Å². The van der Waals surface area contributed by atoms with Gasteiger partial charge in [-0.25, -0.2) is 9.59 Å². The SMILES string of the molecule is CCOC(=O)c1c(C)[nH]c(C(=O)OCC(=O)c2cc(C)n(C(C)c3ccccc3)c2C)c1C. The number of Topliss-reactive ketones (excluding diaryl/α,β-unsaturated/α-hetero) is 1. The smallest absolute Gasteiger partial charge is 0.355 e. The first-order valence-electron chi connectivity index (χ1n) is 11.0. The Morgan fingerprint density at radius 3 is 2.30 bits per heavy atom. The molecule has 1 unspecified atom stereocenters. The largest absolute Gasteiger partial charge is 0.462 e. The average Bonchev–Trinajstić information content (AvgIpc) is 3.26. The van der Waals surface area contributed by atoms with Crippen LogP contribution in [0, 0.1) is 27.7 Å². The van der Waals surface area contributed by atoms with Crippen molar-refractivity contribution in [3.8, 4) is 0 Å².